The first-order valence-electron chi connectivity index (χ1n) is 5.91. The van der Waals surface area contributed by atoms with E-state index in [1.807, 2.05) is 6.07 Å². The summed E-state index contributed by atoms with van der Waals surface area (Å²) >= 11 is 0. The zero-order valence-electron chi connectivity index (χ0n) is 10.4. The Labute approximate surface area is 114 Å². The van der Waals surface area contributed by atoms with Crippen LogP contribution in [-0.4, -0.2) is 35.2 Å². The molecular weight excluding hydrogens is 258 g/mol. The molecule has 100 valence electrons. The number of para-hydroxylation sites is 1. The van der Waals surface area contributed by atoms with Crippen LogP contribution in [0.1, 0.15) is 5.69 Å². The molecule has 3 aromatic rings. The first-order chi connectivity index (χ1) is 9.79. The number of nitrogens with zero attached hydrogens (tertiary/aromatic N) is 5. The largest absolute Gasteiger partial charge is 0.507 e. The highest BCUT2D eigenvalue weighted by Gasteiger charge is 2.10. The molecular formula is C13H11N5O2. The maximum Gasteiger partial charge on any atom is 0.159 e. The van der Waals surface area contributed by atoms with Crippen LogP contribution in [0.15, 0.2) is 42.9 Å². The van der Waals surface area contributed by atoms with Gasteiger partial charge in [0.1, 0.15) is 12.1 Å². The molecule has 0 spiro atoms. The van der Waals surface area contributed by atoms with E-state index >= 15 is 0 Å². The summed E-state index contributed by atoms with van der Waals surface area (Å²) < 4.78 is 1.42. The van der Waals surface area contributed by atoms with Crippen molar-refractivity contribution in [3.8, 4) is 22.8 Å². The van der Waals surface area contributed by atoms with Crippen molar-refractivity contribution in [1.82, 2.24) is 25.0 Å². The molecule has 0 aliphatic heterocycles. The molecule has 0 fully saturated rings. The average molecular weight is 269 g/mol. The molecule has 3 rings (SSSR count). The van der Waals surface area contributed by atoms with Crippen molar-refractivity contribution in [2.24, 2.45) is 0 Å². The van der Waals surface area contributed by atoms with Gasteiger partial charge in [0.25, 0.3) is 0 Å². The van der Waals surface area contributed by atoms with Gasteiger partial charge in [-0.2, -0.15) is 4.68 Å². The Bertz CT molecular complexity index is 741. The predicted molar refractivity (Wildman–Crippen MR) is 70.0 cm³/mol. The quantitative estimate of drug-likeness (QED) is 0.734. The number of aromatic hydroxyl groups is 1. The molecule has 0 amide bonds. The number of rotatable bonds is 3. The Balaban J connectivity index is 2.09. The smallest absolute Gasteiger partial charge is 0.159 e. The number of aliphatic hydroxyl groups excluding tert-OH is 1. The summed E-state index contributed by atoms with van der Waals surface area (Å²) in [4.78, 5) is 8.24. The van der Waals surface area contributed by atoms with Crippen LogP contribution in [0.2, 0.25) is 0 Å². The molecule has 0 bridgehead atoms. The zero-order valence-corrected chi connectivity index (χ0v) is 10.4. The van der Waals surface area contributed by atoms with E-state index in [4.69, 9.17) is 0 Å². The topological polar surface area (TPSA) is 97.0 Å². The van der Waals surface area contributed by atoms with Gasteiger partial charge in [0.15, 0.2) is 5.82 Å². The van der Waals surface area contributed by atoms with E-state index < -0.39 is 0 Å². The molecule has 7 nitrogen and oxygen atoms in total. The fourth-order valence-electron chi connectivity index (χ4n) is 1.86. The lowest BCUT2D eigenvalue weighted by molar-refractivity contribution is 0.273. The second-order valence-electron chi connectivity index (χ2n) is 4.07. The van der Waals surface area contributed by atoms with Crippen molar-refractivity contribution < 1.29 is 10.2 Å². The van der Waals surface area contributed by atoms with E-state index in [2.05, 4.69) is 20.3 Å². The first kappa shape index (κ1) is 12.2. The van der Waals surface area contributed by atoms with Crippen LogP contribution in [0.5, 0.6) is 5.75 Å². The lowest BCUT2D eigenvalue weighted by Gasteiger charge is -2.06. The van der Waals surface area contributed by atoms with Gasteiger partial charge in [-0.3, -0.25) is 0 Å². The van der Waals surface area contributed by atoms with Crippen LogP contribution < -0.4 is 0 Å². The molecule has 2 aromatic heterocycles. The number of hydrogen-bond donors (Lipinski definition) is 2. The number of hydrogen-bond acceptors (Lipinski definition) is 6. The minimum absolute atomic E-state index is 0.137. The Morgan fingerprint density at radius 3 is 2.80 bits per heavy atom. The summed E-state index contributed by atoms with van der Waals surface area (Å²) in [6, 6.07) is 8.57. The van der Waals surface area contributed by atoms with Crippen molar-refractivity contribution in [3.05, 3.63) is 48.5 Å². The second-order valence-corrected chi connectivity index (χ2v) is 4.07. The molecule has 0 saturated carbocycles. The van der Waals surface area contributed by atoms with Crippen molar-refractivity contribution in [1.29, 1.82) is 0 Å². The third kappa shape index (κ3) is 2.10. The average Bonchev–Trinajstić information content (AvgIpc) is 2.96. The summed E-state index contributed by atoms with van der Waals surface area (Å²) in [5, 5.41) is 26.7. The van der Waals surface area contributed by atoms with Gasteiger partial charge in [0.05, 0.1) is 24.2 Å². The fourth-order valence-corrected chi connectivity index (χ4v) is 1.86. The molecule has 0 aliphatic rings. The van der Waals surface area contributed by atoms with Gasteiger partial charge in [-0.15, -0.1) is 5.10 Å². The molecule has 7 heteroatoms. The number of benzene rings is 1. The number of phenols is 1. The van der Waals surface area contributed by atoms with Crippen molar-refractivity contribution in [2.45, 2.75) is 6.61 Å². The van der Waals surface area contributed by atoms with Crippen molar-refractivity contribution in [2.75, 3.05) is 0 Å². The normalized spacial score (nSPS) is 10.7. The van der Waals surface area contributed by atoms with Crippen LogP contribution in [0.3, 0.4) is 0 Å². The van der Waals surface area contributed by atoms with Crippen LogP contribution in [0, 0.1) is 0 Å². The van der Waals surface area contributed by atoms with Gasteiger partial charge in [-0.25, -0.2) is 9.97 Å². The van der Waals surface area contributed by atoms with E-state index in [0.29, 0.717) is 22.8 Å². The summed E-state index contributed by atoms with van der Waals surface area (Å²) in [7, 11) is 0. The molecule has 20 heavy (non-hydrogen) atoms. The Morgan fingerprint density at radius 1 is 1.15 bits per heavy atom. The summed E-state index contributed by atoms with van der Waals surface area (Å²) in [5.74, 6) is 0.609. The fraction of sp³-hybridized carbons (Fsp3) is 0.0769. The summed E-state index contributed by atoms with van der Waals surface area (Å²) in [6.07, 6.45) is 2.84. The standard InChI is InChI=1S/C13H11N5O2/c19-7-9-6-16-17-18(9)13-5-11(14-8-15-13)10-3-1-2-4-12(10)20/h1-6,8,19-20H,7H2. The Kier molecular flexibility index (Phi) is 3.10. The first-order valence-corrected chi connectivity index (χ1v) is 5.91. The van der Waals surface area contributed by atoms with E-state index in [1.165, 1.54) is 17.2 Å². The molecule has 0 radical (unpaired) electrons. The van der Waals surface area contributed by atoms with Gasteiger partial charge in [-0.1, -0.05) is 17.3 Å². The number of aromatic nitrogens is 5. The third-order valence-electron chi connectivity index (χ3n) is 2.83. The number of aliphatic hydroxyl groups is 1. The molecule has 1 aromatic carbocycles. The summed E-state index contributed by atoms with van der Waals surface area (Å²) in [6.45, 7) is -0.192. The highest BCUT2D eigenvalue weighted by atomic mass is 16.3. The number of phenolic OH excluding ortho intramolecular Hbond substituents is 1. The lowest BCUT2D eigenvalue weighted by atomic mass is 10.1. The second kappa shape index (κ2) is 5.06. The molecule has 0 saturated heterocycles. The highest BCUT2D eigenvalue weighted by Crippen LogP contribution is 2.27. The molecule has 0 aliphatic carbocycles. The van der Waals surface area contributed by atoms with E-state index in [0.717, 1.165) is 0 Å². The highest BCUT2D eigenvalue weighted by molar-refractivity contribution is 5.67. The van der Waals surface area contributed by atoms with Gasteiger partial charge >= 0.3 is 0 Å². The Hall–Kier alpha value is -2.80. The maximum atomic E-state index is 9.85. The zero-order chi connectivity index (χ0) is 13.9. The van der Waals surface area contributed by atoms with Gasteiger partial charge < -0.3 is 10.2 Å². The third-order valence-corrected chi connectivity index (χ3v) is 2.83. The SMILES string of the molecule is OCc1cnnn1-c1cc(-c2ccccc2O)ncn1. The molecule has 0 atom stereocenters. The Morgan fingerprint density at radius 2 is 2.00 bits per heavy atom. The predicted octanol–water partition coefficient (Wildman–Crippen LogP) is 0.922. The maximum absolute atomic E-state index is 9.85. The van der Waals surface area contributed by atoms with Gasteiger partial charge in [-0.05, 0) is 12.1 Å². The molecule has 2 N–H and O–H groups in total. The lowest BCUT2D eigenvalue weighted by Crippen LogP contribution is -2.05. The minimum Gasteiger partial charge on any atom is -0.507 e. The monoisotopic (exact) mass is 269 g/mol. The minimum atomic E-state index is -0.192. The van der Waals surface area contributed by atoms with Crippen LogP contribution in [-0.2, 0) is 6.61 Å². The van der Waals surface area contributed by atoms with Crippen molar-refractivity contribution in [3.63, 3.8) is 0 Å². The van der Waals surface area contributed by atoms with Crippen LogP contribution in [0.25, 0.3) is 17.1 Å². The van der Waals surface area contributed by atoms with E-state index in [-0.39, 0.29) is 12.4 Å². The van der Waals surface area contributed by atoms with Gasteiger partial charge in [0.2, 0.25) is 0 Å². The van der Waals surface area contributed by atoms with Crippen LogP contribution >= 0.6 is 0 Å². The van der Waals surface area contributed by atoms with E-state index in [9.17, 15) is 10.2 Å². The van der Waals surface area contributed by atoms with Crippen LogP contribution in [0.4, 0.5) is 0 Å². The molecule has 2 heterocycles. The molecule has 0 unspecified atom stereocenters. The van der Waals surface area contributed by atoms with Crippen molar-refractivity contribution >= 4 is 0 Å². The van der Waals surface area contributed by atoms with Gasteiger partial charge in [0, 0.05) is 11.6 Å². The summed E-state index contributed by atoms with van der Waals surface area (Å²) in [5.41, 5.74) is 1.68. The van der Waals surface area contributed by atoms with E-state index in [1.54, 1.807) is 24.3 Å².